The lowest BCUT2D eigenvalue weighted by molar-refractivity contribution is 0.179. The number of pyridine rings is 1. The van der Waals surface area contributed by atoms with Gasteiger partial charge in [-0.15, -0.1) is 24.0 Å². The summed E-state index contributed by atoms with van der Waals surface area (Å²) in [5.41, 5.74) is 6.75. The van der Waals surface area contributed by atoms with Crippen LogP contribution in [0.2, 0.25) is 0 Å². The van der Waals surface area contributed by atoms with Crippen molar-refractivity contribution in [2.45, 2.75) is 32.9 Å². The molecule has 0 amide bonds. The second kappa shape index (κ2) is 11.6. The van der Waals surface area contributed by atoms with E-state index in [1.165, 1.54) is 0 Å². The number of ether oxygens (including phenoxy) is 2. The molecule has 0 fully saturated rings. The summed E-state index contributed by atoms with van der Waals surface area (Å²) in [6, 6.07) is 3.92. The van der Waals surface area contributed by atoms with Crippen LogP contribution in [0.15, 0.2) is 23.3 Å². The topological polar surface area (TPSA) is 81.8 Å². The van der Waals surface area contributed by atoms with Crippen LogP contribution in [0.25, 0.3) is 0 Å². The molecule has 120 valence electrons. The van der Waals surface area contributed by atoms with E-state index in [-0.39, 0.29) is 30.0 Å². The highest BCUT2D eigenvalue weighted by Crippen LogP contribution is 2.15. The lowest BCUT2D eigenvalue weighted by atomic mass is 10.3. The maximum atomic E-state index is 5.83. The second-order valence-electron chi connectivity index (χ2n) is 4.52. The van der Waals surface area contributed by atoms with Crippen molar-refractivity contribution in [3.05, 3.63) is 23.9 Å². The Morgan fingerprint density at radius 2 is 2.29 bits per heavy atom. The number of nitrogens with one attached hydrogen (secondary N) is 1. The molecule has 21 heavy (non-hydrogen) atoms. The van der Waals surface area contributed by atoms with E-state index in [0.717, 1.165) is 12.0 Å². The number of hydrogen-bond acceptors (Lipinski definition) is 4. The van der Waals surface area contributed by atoms with Gasteiger partial charge in [0.2, 0.25) is 5.88 Å². The van der Waals surface area contributed by atoms with E-state index >= 15 is 0 Å². The molecule has 0 saturated carbocycles. The number of aromatic nitrogens is 1. The quantitative estimate of drug-likeness (QED) is 0.390. The molecule has 1 heterocycles. The molecule has 0 aliphatic rings. The fourth-order valence-corrected chi connectivity index (χ4v) is 1.63. The minimum atomic E-state index is 0. The van der Waals surface area contributed by atoms with Gasteiger partial charge in [0, 0.05) is 24.9 Å². The van der Waals surface area contributed by atoms with Gasteiger partial charge in [0.15, 0.2) is 5.96 Å². The number of hydrogen-bond donors (Lipinski definition) is 2. The largest absolute Gasteiger partial charge is 0.477 e. The fourth-order valence-electron chi connectivity index (χ4n) is 1.63. The first kappa shape index (κ1) is 19.9. The third kappa shape index (κ3) is 8.05. The molecule has 0 bridgehead atoms. The summed E-state index contributed by atoms with van der Waals surface area (Å²) in [6.45, 7) is 5.69. The monoisotopic (exact) mass is 408 g/mol. The summed E-state index contributed by atoms with van der Waals surface area (Å²) in [4.78, 5) is 8.50. The highest BCUT2D eigenvalue weighted by Gasteiger charge is 2.05. The van der Waals surface area contributed by atoms with Crippen molar-refractivity contribution in [2.24, 2.45) is 10.7 Å². The first-order valence-corrected chi connectivity index (χ1v) is 6.79. The summed E-state index contributed by atoms with van der Waals surface area (Å²) in [5, 5.41) is 3.06. The standard InChI is InChI=1S/C14H24N4O2.HI/c1-4-8-20-13-12(6-5-7-16-13)9-17-14(15)18-11(2)10-19-3;/h5-7,11H,4,8-10H2,1-3H3,(H3,15,17,18);1H. The van der Waals surface area contributed by atoms with Gasteiger partial charge in [-0.1, -0.05) is 13.0 Å². The lowest BCUT2D eigenvalue weighted by Gasteiger charge is -2.13. The number of aliphatic imine (C=N–C) groups is 1. The average molecular weight is 408 g/mol. The van der Waals surface area contributed by atoms with Crippen molar-refractivity contribution in [3.63, 3.8) is 0 Å². The third-order valence-corrected chi connectivity index (χ3v) is 2.52. The molecule has 0 aliphatic heterocycles. The molecule has 6 nitrogen and oxygen atoms in total. The molecule has 1 atom stereocenters. The van der Waals surface area contributed by atoms with Crippen molar-refractivity contribution >= 4 is 29.9 Å². The number of guanidine groups is 1. The first-order valence-electron chi connectivity index (χ1n) is 6.79. The maximum Gasteiger partial charge on any atom is 0.218 e. The van der Waals surface area contributed by atoms with E-state index in [0.29, 0.717) is 31.6 Å². The Balaban J connectivity index is 0.00000400. The molecule has 1 rings (SSSR count). The minimum absolute atomic E-state index is 0. The predicted octanol–water partition coefficient (Wildman–Crippen LogP) is 1.93. The van der Waals surface area contributed by atoms with Gasteiger partial charge < -0.3 is 20.5 Å². The summed E-state index contributed by atoms with van der Waals surface area (Å²) in [5.74, 6) is 1.01. The molecular weight excluding hydrogens is 383 g/mol. The summed E-state index contributed by atoms with van der Waals surface area (Å²) < 4.78 is 10.6. The van der Waals surface area contributed by atoms with Gasteiger partial charge in [-0.05, 0) is 19.4 Å². The molecular formula is C14H25IN4O2. The van der Waals surface area contributed by atoms with Crippen LogP contribution in [-0.4, -0.2) is 37.3 Å². The molecule has 1 aromatic heterocycles. The van der Waals surface area contributed by atoms with Gasteiger partial charge in [-0.3, -0.25) is 0 Å². The normalized spacial score (nSPS) is 12.4. The van der Waals surface area contributed by atoms with Crippen LogP contribution in [0.1, 0.15) is 25.8 Å². The van der Waals surface area contributed by atoms with E-state index < -0.39 is 0 Å². The maximum absolute atomic E-state index is 5.83. The van der Waals surface area contributed by atoms with Gasteiger partial charge in [0.25, 0.3) is 0 Å². The zero-order valence-corrected chi connectivity index (χ0v) is 15.2. The van der Waals surface area contributed by atoms with Gasteiger partial charge in [-0.25, -0.2) is 9.98 Å². The Hall–Kier alpha value is -1.09. The second-order valence-corrected chi connectivity index (χ2v) is 4.52. The van der Waals surface area contributed by atoms with Crippen LogP contribution in [0, 0.1) is 0 Å². The van der Waals surface area contributed by atoms with Crippen LogP contribution in [0.5, 0.6) is 5.88 Å². The summed E-state index contributed by atoms with van der Waals surface area (Å²) in [7, 11) is 1.65. The Labute approximate surface area is 143 Å². The molecule has 0 radical (unpaired) electrons. The van der Waals surface area contributed by atoms with E-state index in [1.54, 1.807) is 13.3 Å². The average Bonchev–Trinajstić information content (AvgIpc) is 2.44. The highest BCUT2D eigenvalue weighted by molar-refractivity contribution is 14.0. The van der Waals surface area contributed by atoms with Crippen molar-refractivity contribution < 1.29 is 9.47 Å². The summed E-state index contributed by atoms with van der Waals surface area (Å²) >= 11 is 0. The number of halogens is 1. The Kier molecular flexibility index (Phi) is 11.0. The number of nitrogens with two attached hydrogens (primary N) is 1. The lowest BCUT2D eigenvalue weighted by Crippen LogP contribution is -2.40. The van der Waals surface area contributed by atoms with E-state index in [4.69, 9.17) is 15.2 Å². The number of nitrogens with zero attached hydrogens (tertiary/aromatic N) is 2. The fraction of sp³-hybridized carbons (Fsp3) is 0.571. The molecule has 0 aliphatic carbocycles. The predicted molar refractivity (Wildman–Crippen MR) is 95.2 cm³/mol. The highest BCUT2D eigenvalue weighted by atomic mass is 127. The van der Waals surface area contributed by atoms with Crippen LogP contribution >= 0.6 is 24.0 Å². The molecule has 3 N–H and O–H groups in total. The van der Waals surface area contributed by atoms with Crippen molar-refractivity contribution in [3.8, 4) is 5.88 Å². The third-order valence-electron chi connectivity index (χ3n) is 2.52. The van der Waals surface area contributed by atoms with E-state index in [1.807, 2.05) is 19.1 Å². The minimum Gasteiger partial charge on any atom is -0.477 e. The number of rotatable bonds is 8. The molecule has 0 saturated heterocycles. The van der Waals surface area contributed by atoms with Crippen LogP contribution in [0.3, 0.4) is 0 Å². The van der Waals surface area contributed by atoms with Crippen molar-refractivity contribution in [1.29, 1.82) is 0 Å². The molecule has 1 unspecified atom stereocenters. The van der Waals surface area contributed by atoms with Crippen LogP contribution in [0.4, 0.5) is 0 Å². The first-order chi connectivity index (χ1) is 9.67. The van der Waals surface area contributed by atoms with Crippen molar-refractivity contribution in [1.82, 2.24) is 10.3 Å². The SMILES string of the molecule is CCCOc1ncccc1CN=C(N)NC(C)COC.I. The van der Waals surface area contributed by atoms with Gasteiger partial charge in [0.1, 0.15) is 0 Å². The zero-order valence-electron chi connectivity index (χ0n) is 12.8. The molecule has 0 spiro atoms. The molecule has 7 heteroatoms. The van der Waals surface area contributed by atoms with Crippen molar-refractivity contribution in [2.75, 3.05) is 20.3 Å². The Bertz CT molecular complexity index is 429. The van der Waals surface area contributed by atoms with E-state index in [9.17, 15) is 0 Å². The van der Waals surface area contributed by atoms with Crippen LogP contribution in [-0.2, 0) is 11.3 Å². The van der Waals surface area contributed by atoms with Crippen LogP contribution < -0.4 is 15.8 Å². The zero-order chi connectivity index (χ0) is 14.8. The smallest absolute Gasteiger partial charge is 0.218 e. The Morgan fingerprint density at radius 3 is 2.95 bits per heavy atom. The Morgan fingerprint density at radius 1 is 1.52 bits per heavy atom. The molecule has 1 aromatic rings. The number of methoxy groups -OCH3 is 1. The summed E-state index contributed by atoms with van der Waals surface area (Å²) in [6.07, 6.45) is 2.65. The molecule has 0 aromatic carbocycles. The van der Waals surface area contributed by atoms with E-state index in [2.05, 4.69) is 22.2 Å². The van der Waals surface area contributed by atoms with Gasteiger partial charge >= 0.3 is 0 Å². The van der Waals surface area contributed by atoms with Gasteiger partial charge in [-0.2, -0.15) is 0 Å². The van der Waals surface area contributed by atoms with Gasteiger partial charge in [0.05, 0.1) is 19.8 Å².